The second-order valence-corrected chi connectivity index (χ2v) is 6.10. The van der Waals surface area contributed by atoms with Crippen molar-refractivity contribution in [3.8, 4) is 0 Å². The predicted octanol–water partition coefficient (Wildman–Crippen LogP) is 1.98. The molecule has 1 aromatic carbocycles. The quantitative estimate of drug-likeness (QED) is 0.894. The van der Waals surface area contributed by atoms with Crippen LogP contribution in [0.1, 0.15) is 25.7 Å². The second kappa shape index (κ2) is 7.57. The van der Waals surface area contributed by atoms with Gasteiger partial charge in [-0.25, -0.2) is 4.79 Å². The third-order valence-corrected chi connectivity index (χ3v) is 4.48. The lowest BCUT2D eigenvalue weighted by atomic mass is 9.90. The van der Waals surface area contributed by atoms with Crippen LogP contribution in [0.25, 0.3) is 0 Å². The number of imide groups is 1. The van der Waals surface area contributed by atoms with Gasteiger partial charge in [0.25, 0.3) is 0 Å². The van der Waals surface area contributed by atoms with Crippen molar-refractivity contribution in [2.45, 2.75) is 37.8 Å². The molecule has 1 saturated heterocycles. The highest BCUT2D eigenvalue weighted by Gasteiger charge is 2.34. The summed E-state index contributed by atoms with van der Waals surface area (Å²) in [6.45, 7) is 1.65. The summed E-state index contributed by atoms with van der Waals surface area (Å²) in [5.74, 6) is -0.273. The molecule has 0 spiro atoms. The lowest BCUT2D eigenvalue weighted by molar-refractivity contribution is -0.128. The number of urea groups is 1. The maximum atomic E-state index is 12.1. The van der Waals surface area contributed by atoms with Gasteiger partial charge in [0.1, 0.15) is 0 Å². The summed E-state index contributed by atoms with van der Waals surface area (Å²) in [4.78, 5) is 26.1. The summed E-state index contributed by atoms with van der Waals surface area (Å²) in [7, 11) is 0. The number of rotatable bonds is 3. The molecule has 1 heterocycles. The Labute approximate surface area is 136 Å². The molecule has 2 fully saturated rings. The molecule has 0 aromatic heterocycles. The summed E-state index contributed by atoms with van der Waals surface area (Å²) in [5, 5.41) is 5.05. The summed E-state index contributed by atoms with van der Waals surface area (Å²) < 4.78 is 5.80. The van der Waals surface area contributed by atoms with Crippen molar-refractivity contribution in [2.75, 3.05) is 25.0 Å². The molecule has 6 nitrogen and oxygen atoms in total. The smallest absolute Gasteiger partial charge is 0.325 e. The van der Waals surface area contributed by atoms with E-state index in [1.54, 1.807) is 12.1 Å². The highest BCUT2D eigenvalue weighted by atomic mass is 16.5. The molecule has 3 rings (SSSR count). The van der Waals surface area contributed by atoms with E-state index in [0.29, 0.717) is 18.3 Å². The van der Waals surface area contributed by atoms with E-state index in [9.17, 15) is 9.59 Å². The zero-order valence-electron chi connectivity index (χ0n) is 13.2. The Kier molecular flexibility index (Phi) is 5.25. The van der Waals surface area contributed by atoms with Crippen LogP contribution in [-0.4, -0.2) is 48.7 Å². The summed E-state index contributed by atoms with van der Waals surface area (Å²) in [6.07, 6.45) is 4.74. The molecule has 1 saturated carbocycles. The SMILES string of the molecule is O=C(CN1CCO[C@@H]2CCCC[C@H]21)NC(=O)Nc1ccccc1. The monoisotopic (exact) mass is 317 g/mol. The van der Waals surface area contributed by atoms with Crippen LogP contribution in [0.2, 0.25) is 0 Å². The van der Waals surface area contributed by atoms with E-state index in [0.717, 1.165) is 19.4 Å². The molecule has 2 N–H and O–H groups in total. The molecule has 23 heavy (non-hydrogen) atoms. The van der Waals surface area contributed by atoms with E-state index >= 15 is 0 Å². The number of hydrogen-bond acceptors (Lipinski definition) is 4. The molecule has 124 valence electrons. The van der Waals surface area contributed by atoms with Crippen molar-refractivity contribution in [3.05, 3.63) is 30.3 Å². The van der Waals surface area contributed by atoms with Crippen molar-refractivity contribution < 1.29 is 14.3 Å². The molecule has 1 aromatic rings. The largest absolute Gasteiger partial charge is 0.375 e. The van der Waals surface area contributed by atoms with Crippen molar-refractivity contribution in [1.82, 2.24) is 10.2 Å². The average Bonchev–Trinajstić information content (AvgIpc) is 2.56. The number of carbonyl (C=O) groups excluding carboxylic acids is 2. The van der Waals surface area contributed by atoms with Gasteiger partial charge in [0, 0.05) is 18.3 Å². The molecule has 3 amide bonds. The first kappa shape index (κ1) is 16.0. The molecule has 2 atom stereocenters. The Morgan fingerprint density at radius 1 is 1.17 bits per heavy atom. The number of para-hydroxylation sites is 1. The fraction of sp³-hybridized carbons (Fsp3) is 0.529. The first-order chi connectivity index (χ1) is 11.2. The maximum absolute atomic E-state index is 12.1. The normalized spacial score (nSPS) is 24.5. The number of nitrogens with one attached hydrogen (secondary N) is 2. The minimum Gasteiger partial charge on any atom is -0.375 e. The first-order valence-electron chi connectivity index (χ1n) is 8.24. The summed E-state index contributed by atoms with van der Waals surface area (Å²) in [5.41, 5.74) is 0.663. The summed E-state index contributed by atoms with van der Waals surface area (Å²) >= 11 is 0. The number of carbonyl (C=O) groups is 2. The standard InChI is InChI=1S/C17H23N3O3/c21-16(19-17(22)18-13-6-2-1-3-7-13)12-20-10-11-23-15-9-5-4-8-14(15)20/h1-3,6-7,14-15H,4-5,8-12H2,(H2,18,19,21,22)/t14-,15-/m1/s1. The van der Waals surface area contributed by atoms with Gasteiger partial charge in [0.05, 0.1) is 19.3 Å². The molecule has 2 aliphatic rings. The molecular weight excluding hydrogens is 294 g/mol. The Hall–Kier alpha value is -1.92. The van der Waals surface area contributed by atoms with Gasteiger partial charge in [-0.2, -0.15) is 0 Å². The van der Waals surface area contributed by atoms with Crippen molar-refractivity contribution >= 4 is 17.6 Å². The molecular formula is C17H23N3O3. The number of morpholine rings is 1. The lowest BCUT2D eigenvalue weighted by Gasteiger charge is -2.43. The predicted molar refractivity (Wildman–Crippen MR) is 87.2 cm³/mol. The van der Waals surface area contributed by atoms with Crippen LogP contribution in [0.3, 0.4) is 0 Å². The van der Waals surface area contributed by atoms with Gasteiger partial charge in [-0.05, 0) is 25.0 Å². The minimum atomic E-state index is -0.491. The number of hydrogen-bond donors (Lipinski definition) is 2. The topological polar surface area (TPSA) is 70.7 Å². The number of ether oxygens (including phenoxy) is 1. The van der Waals surface area contributed by atoms with E-state index in [1.165, 1.54) is 12.8 Å². The van der Waals surface area contributed by atoms with Gasteiger partial charge in [0.2, 0.25) is 5.91 Å². The Balaban J connectivity index is 1.49. The van der Waals surface area contributed by atoms with Crippen molar-refractivity contribution in [3.63, 3.8) is 0 Å². The Morgan fingerprint density at radius 2 is 1.96 bits per heavy atom. The highest BCUT2D eigenvalue weighted by Crippen LogP contribution is 2.28. The van der Waals surface area contributed by atoms with Crippen LogP contribution in [-0.2, 0) is 9.53 Å². The van der Waals surface area contributed by atoms with Crippen molar-refractivity contribution in [2.24, 2.45) is 0 Å². The number of benzene rings is 1. The third kappa shape index (κ3) is 4.30. The molecule has 0 radical (unpaired) electrons. The van der Waals surface area contributed by atoms with Crippen molar-refractivity contribution in [1.29, 1.82) is 0 Å². The highest BCUT2D eigenvalue weighted by molar-refractivity contribution is 6.01. The zero-order valence-corrected chi connectivity index (χ0v) is 13.2. The molecule has 6 heteroatoms. The number of fused-ring (bicyclic) bond motifs is 1. The van der Waals surface area contributed by atoms with E-state index in [1.807, 2.05) is 18.2 Å². The molecule has 1 aliphatic carbocycles. The van der Waals surface area contributed by atoms with Crippen LogP contribution in [0.4, 0.5) is 10.5 Å². The second-order valence-electron chi connectivity index (χ2n) is 6.10. The van der Waals surface area contributed by atoms with Gasteiger partial charge in [0.15, 0.2) is 0 Å². The minimum absolute atomic E-state index is 0.239. The van der Waals surface area contributed by atoms with Crippen LogP contribution < -0.4 is 10.6 Å². The maximum Gasteiger partial charge on any atom is 0.325 e. The number of amides is 3. The average molecular weight is 317 g/mol. The van der Waals surface area contributed by atoms with Gasteiger partial charge in [-0.1, -0.05) is 31.0 Å². The number of nitrogens with zero attached hydrogens (tertiary/aromatic N) is 1. The lowest BCUT2D eigenvalue weighted by Crippen LogP contribution is -2.55. The van der Waals surface area contributed by atoms with Crippen LogP contribution in [0.15, 0.2) is 30.3 Å². The van der Waals surface area contributed by atoms with E-state index in [-0.39, 0.29) is 18.6 Å². The molecule has 1 aliphatic heterocycles. The van der Waals surface area contributed by atoms with E-state index in [4.69, 9.17) is 4.74 Å². The number of anilines is 1. The van der Waals surface area contributed by atoms with E-state index in [2.05, 4.69) is 15.5 Å². The van der Waals surface area contributed by atoms with Gasteiger partial charge in [-0.3, -0.25) is 15.0 Å². The van der Waals surface area contributed by atoms with E-state index < -0.39 is 6.03 Å². The van der Waals surface area contributed by atoms with Crippen LogP contribution in [0.5, 0.6) is 0 Å². The third-order valence-electron chi connectivity index (χ3n) is 4.48. The van der Waals surface area contributed by atoms with Crippen LogP contribution in [0, 0.1) is 0 Å². The fourth-order valence-electron chi connectivity index (χ4n) is 3.41. The van der Waals surface area contributed by atoms with Gasteiger partial charge < -0.3 is 10.1 Å². The Morgan fingerprint density at radius 3 is 2.78 bits per heavy atom. The van der Waals surface area contributed by atoms with Gasteiger partial charge in [-0.15, -0.1) is 0 Å². The molecule has 0 bridgehead atoms. The first-order valence-corrected chi connectivity index (χ1v) is 8.24. The van der Waals surface area contributed by atoms with Crippen LogP contribution >= 0.6 is 0 Å². The molecule has 0 unspecified atom stereocenters. The fourth-order valence-corrected chi connectivity index (χ4v) is 3.41. The summed E-state index contributed by atoms with van der Waals surface area (Å²) in [6, 6.07) is 8.89. The zero-order chi connectivity index (χ0) is 16.1. The Bertz CT molecular complexity index is 547. The van der Waals surface area contributed by atoms with Gasteiger partial charge >= 0.3 is 6.03 Å².